The number of rotatable bonds is 3. The van der Waals surface area contributed by atoms with Crippen LogP contribution < -0.4 is 0 Å². The summed E-state index contributed by atoms with van der Waals surface area (Å²) in [5, 5.41) is 0.713. The molecule has 0 spiro atoms. The van der Waals surface area contributed by atoms with Crippen LogP contribution in [-0.2, 0) is 22.0 Å². The van der Waals surface area contributed by atoms with Crippen molar-refractivity contribution in [2.75, 3.05) is 0 Å². The van der Waals surface area contributed by atoms with Crippen molar-refractivity contribution in [2.24, 2.45) is 0 Å². The molecule has 0 radical (unpaired) electrons. The minimum Gasteiger partial charge on any atom is -0.741 e. The maximum Gasteiger partial charge on any atom is 0.601 e. The second-order valence-electron chi connectivity index (χ2n) is 6.15. The summed E-state index contributed by atoms with van der Waals surface area (Å²) >= 11 is 0. The summed E-state index contributed by atoms with van der Waals surface area (Å²) in [6.07, 6.45) is 1.88. The first-order valence-electron chi connectivity index (χ1n) is 8.49. The van der Waals surface area contributed by atoms with Crippen LogP contribution in [0.3, 0.4) is 0 Å². The van der Waals surface area contributed by atoms with E-state index < -0.39 is 31.6 Å². The number of thiophene rings is 1. The molecule has 0 fully saturated rings. The molecule has 0 amide bonds. The normalized spacial score (nSPS) is 13.1. The van der Waals surface area contributed by atoms with Crippen molar-refractivity contribution in [3.8, 4) is 10.4 Å². The van der Waals surface area contributed by atoms with E-state index in [0.29, 0.717) is 20.5 Å². The molecule has 0 aliphatic heterocycles. The molecule has 3 aromatic rings. The number of hydrogen-bond donors (Lipinski definition) is 0. The van der Waals surface area contributed by atoms with Gasteiger partial charge in [-0.2, -0.15) is 13.2 Å². The van der Waals surface area contributed by atoms with Crippen molar-refractivity contribution in [2.45, 2.75) is 30.8 Å². The average molecular weight is 470 g/mol. The zero-order valence-electron chi connectivity index (χ0n) is 15.4. The van der Waals surface area contributed by atoms with Gasteiger partial charge in [0.2, 0.25) is 0 Å². The number of hydrogen-bond acceptors (Lipinski definition) is 3. The third kappa shape index (κ3) is 5.73. The lowest BCUT2D eigenvalue weighted by Gasteiger charge is -2.08. The lowest BCUT2D eigenvalue weighted by Crippen LogP contribution is -2.21. The Morgan fingerprint density at radius 1 is 0.933 bits per heavy atom. The van der Waals surface area contributed by atoms with Crippen molar-refractivity contribution < 1.29 is 39.3 Å². The molecule has 3 rings (SSSR count). The molecule has 30 heavy (non-hydrogen) atoms. The van der Waals surface area contributed by atoms with Gasteiger partial charge < -0.3 is 4.55 Å². The second-order valence-corrected chi connectivity index (χ2v) is 9.47. The van der Waals surface area contributed by atoms with Crippen LogP contribution >= 0.6 is 10.5 Å². The first-order chi connectivity index (χ1) is 13.8. The van der Waals surface area contributed by atoms with Crippen molar-refractivity contribution in [1.29, 1.82) is 0 Å². The number of benzene rings is 2. The minimum atomic E-state index is -6.09. The molecule has 0 saturated carbocycles. The van der Waals surface area contributed by atoms with Gasteiger partial charge in [0.25, 0.3) is 0 Å². The fraction of sp³-hybridized carbons (Fsp3) is 0.263. The largest absolute Gasteiger partial charge is 0.741 e. The van der Waals surface area contributed by atoms with Gasteiger partial charge >= 0.3 is 11.0 Å². The molecule has 2 aromatic carbocycles. The van der Waals surface area contributed by atoms with Gasteiger partial charge in [0, 0.05) is 17.0 Å². The summed E-state index contributed by atoms with van der Waals surface area (Å²) in [5.41, 5.74) is -8.15. The molecular formula is C19H16F6O3S2. The molecule has 1 heterocycles. The van der Waals surface area contributed by atoms with E-state index in [1.807, 2.05) is 18.2 Å². The van der Waals surface area contributed by atoms with Gasteiger partial charge in [0.05, 0.1) is 0 Å². The summed E-state index contributed by atoms with van der Waals surface area (Å²) in [7, 11) is -7.95. The molecule has 0 N–H and O–H groups in total. The third-order valence-corrected chi connectivity index (χ3v) is 6.55. The summed E-state index contributed by atoms with van der Waals surface area (Å²) in [4.78, 5) is 0.372. The standard InChI is InChI=1S/C18H16F3S.CHF3O3S/c1-2-6-13-9-10-16-15(11-13)12-17(22(16)18(19,20)21)14-7-4-3-5-8-14;2-1(3,4)8(5,6)7/h3-5,7-12H,2,6H2,1H3;(H,5,6,7)/q+1;/p-1. The van der Waals surface area contributed by atoms with Gasteiger partial charge in [-0.25, -0.2) is 8.42 Å². The highest BCUT2D eigenvalue weighted by atomic mass is 32.2. The van der Waals surface area contributed by atoms with Gasteiger partial charge in [0.1, 0.15) is 10.5 Å². The molecule has 1 aromatic heterocycles. The maximum atomic E-state index is 13.6. The van der Waals surface area contributed by atoms with E-state index in [1.165, 1.54) is 0 Å². The van der Waals surface area contributed by atoms with Gasteiger partial charge in [0.15, 0.2) is 19.7 Å². The Bertz CT molecular complexity index is 1100. The van der Waals surface area contributed by atoms with Gasteiger partial charge in [-0.05, 0) is 36.2 Å². The number of fused-ring (bicyclic) bond motifs is 1. The van der Waals surface area contributed by atoms with Crippen LogP contribution in [-0.4, -0.2) is 18.5 Å². The second kappa shape index (κ2) is 8.94. The van der Waals surface area contributed by atoms with E-state index in [-0.39, 0.29) is 0 Å². The van der Waals surface area contributed by atoms with E-state index in [2.05, 4.69) is 6.92 Å². The predicted molar refractivity (Wildman–Crippen MR) is 103 cm³/mol. The molecule has 1 atom stereocenters. The van der Waals surface area contributed by atoms with E-state index >= 15 is 0 Å². The molecule has 11 heteroatoms. The summed E-state index contributed by atoms with van der Waals surface area (Å²) in [6, 6.07) is 16.0. The van der Waals surface area contributed by atoms with Crippen molar-refractivity contribution in [1.82, 2.24) is 0 Å². The van der Waals surface area contributed by atoms with Crippen LogP contribution in [0.4, 0.5) is 26.3 Å². The van der Waals surface area contributed by atoms with E-state index in [1.54, 1.807) is 36.4 Å². The van der Waals surface area contributed by atoms with Crippen molar-refractivity contribution >= 4 is 30.7 Å². The molecule has 0 bridgehead atoms. The first-order valence-corrected chi connectivity index (χ1v) is 11.1. The Balaban J connectivity index is 0.000000343. The topological polar surface area (TPSA) is 57.2 Å². The lowest BCUT2D eigenvalue weighted by atomic mass is 10.1. The molecule has 1 unspecified atom stereocenters. The quantitative estimate of drug-likeness (QED) is 0.184. The first kappa shape index (κ1) is 24.2. The smallest absolute Gasteiger partial charge is 0.601 e. The Morgan fingerprint density at radius 2 is 1.50 bits per heavy atom. The molecule has 0 aliphatic carbocycles. The monoisotopic (exact) mass is 470 g/mol. The Labute approximate surface area is 171 Å². The van der Waals surface area contributed by atoms with E-state index in [0.717, 1.165) is 18.4 Å². The number of halogens is 6. The molecule has 0 saturated heterocycles. The fourth-order valence-electron chi connectivity index (χ4n) is 2.71. The molecule has 0 aliphatic rings. The average Bonchev–Trinajstić information content (AvgIpc) is 3.01. The molecule has 164 valence electrons. The van der Waals surface area contributed by atoms with Crippen molar-refractivity contribution in [3.05, 3.63) is 60.2 Å². The number of aryl methyl sites for hydroxylation is 1. The SMILES string of the molecule is CCCc1ccc2c(c1)cc(-c1ccccc1)[s+]2C(F)(F)F.O=S(=O)([O-])C(F)(F)F. The van der Waals surface area contributed by atoms with Crippen molar-refractivity contribution in [3.63, 3.8) is 0 Å². The third-order valence-electron chi connectivity index (χ3n) is 3.91. The Kier molecular flexibility index (Phi) is 7.20. The zero-order valence-corrected chi connectivity index (χ0v) is 17.1. The molecule has 3 nitrogen and oxygen atoms in total. The molecular weight excluding hydrogens is 454 g/mol. The zero-order chi connectivity index (χ0) is 22.7. The minimum absolute atomic E-state index is 0.372. The maximum absolute atomic E-state index is 13.6. The van der Waals surface area contributed by atoms with Crippen LogP contribution in [0.5, 0.6) is 0 Å². The highest BCUT2D eigenvalue weighted by molar-refractivity contribution is 7.86. The van der Waals surface area contributed by atoms with Crippen LogP contribution in [0.15, 0.2) is 54.6 Å². The van der Waals surface area contributed by atoms with Crippen LogP contribution in [0, 0.1) is 0 Å². The highest BCUT2D eigenvalue weighted by Crippen LogP contribution is 2.54. The van der Waals surface area contributed by atoms with Crippen LogP contribution in [0.1, 0.15) is 18.9 Å². The Morgan fingerprint density at radius 3 is 1.97 bits per heavy atom. The fourth-order valence-corrected chi connectivity index (χ4v) is 4.62. The van der Waals surface area contributed by atoms with Gasteiger partial charge in [-0.3, -0.25) is 0 Å². The van der Waals surface area contributed by atoms with Gasteiger partial charge in [-0.15, -0.1) is 13.2 Å². The summed E-state index contributed by atoms with van der Waals surface area (Å²) < 4.78 is 100. The summed E-state index contributed by atoms with van der Waals surface area (Å²) in [5.74, 6) is 0. The van der Waals surface area contributed by atoms with Gasteiger partial charge in [-0.1, -0.05) is 37.6 Å². The van der Waals surface area contributed by atoms with Crippen LogP contribution in [0.25, 0.3) is 20.5 Å². The van der Waals surface area contributed by atoms with E-state index in [9.17, 15) is 26.3 Å². The Hall–Kier alpha value is -2.11. The number of alkyl halides is 6. The highest BCUT2D eigenvalue weighted by Gasteiger charge is 2.48. The van der Waals surface area contributed by atoms with Crippen LogP contribution in [0.2, 0.25) is 0 Å². The van der Waals surface area contributed by atoms with E-state index in [4.69, 9.17) is 13.0 Å². The lowest BCUT2D eigenvalue weighted by molar-refractivity contribution is -0.0864. The predicted octanol–water partition coefficient (Wildman–Crippen LogP) is 6.74. The summed E-state index contributed by atoms with van der Waals surface area (Å²) in [6.45, 7) is 2.07.